The van der Waals surface area contributed by atoms with E-state index in [1.165, 1.54) is 0 Å². The topological polar surface area (TPSA) is 64.2 Å². The molecule has 0 aliphatic heterocycles. The van der Waals surface area contributed by atoms with Gasteiger partial charge in [-0.1, -0.05) is 19.9 Å². The Bertz CT molecular complexity index is 858. The molecule has 1 N–H and O–H groups in total. The summed E-state index contributed by atoms with van der Waals surface area (Å²) in [4.78, 5) is 13.2. The molecular weight excluding hydrogens is 358 g/mol. The summed E-state index contributed by atoms with van der Waals surface area (Å²) < 4.78 is 3.94. The first-order valence-electron chi connectivity index (χ1n) is 9.31. The first-order chi connectivity index (χ1) is 13.1. The highest BCUT2D eigenvalue weighted by Gasteiger charge is 2.26. The van der Waals surface area contributed by atoms with Crippen LogP contribution in [-0.4, -0.2) is 37.1 Å². The van der Waals surface area contributed by atoms with Crippen LogP contribution in [0.1, 0.15) is 44.6 Å². The minimum atomic E-state index is -0.221. The van der Waals surface area contributed by atoms with Crippen LogP contribution >= 0.6 is 11.8 Å². The van der Waals surface area contributed by atoms with Gasteiger partial charge in [-0.2, -0.15) is 11.8 Å². The smallest absolute Gasteiger partial charge is 0.243 e. The molecule has 0 aromatic carbocycles. The van der Waals surface area contributed by atoms with Gasteiger partial charge in [0.05, 0.1) is 6.04 Å². The molecule has 0 bridgehead atoms. The standard InChI is InChI=1S/C20H27N5OS/c1-15(2)14-16(19-23-22-18-8-4-5-12-25(18)19)21-20(26)17(9-13-27-3)24-10-6-7-11-24/h4-8,10-12,15-17H,9,13-14H2,1-3H3,(H,21,26). The zero-order valence-electron chi connectivity index (χ0n) is 16.1. The van der Waals surface area contributed by atoms with E-state index in [-0.39, 0.29) is 18.0 Å². The second-order valence-electron chi connectivity index (χ2n) is 7.11. The number of nitrogens with zero attached hydrogens (tertiary/aromatic N) is 4. The minimum Gasteiger partial charge on any atom is -0.344 e. The van der Waals surface area contributed by atoms with Gasteiger partial charge in [0.25, 0.3) is 0 Å². The highest BCUT2D eigenvalue weighted by molar-refractivity contribution is 7.98. The van der Waals surface area contributed by atoms with Crippen molar-refractivity contribution < 1.29 is 4.79 Å². The maximum atomic E-state index is 13.2. The molecule has 0 saturated carbocycles. The monoisotopic (exact) mass is 385 g/mol. The van der Waals surface area contributed by atoms with E-state index >= 15 is 0 Å². The molecule has 3 aromatic heterocycles. The van der Waals surface area contributed by atoms with Gasteiger partial charge in [0, 0.05) is 18.6 Å². The number of pyridine rings is 1. The van der Waals surface area contributed by atoms with Gasteiger partial charge in [0.15, 0.2) is 11.5 Å². The number of aromatic nitrogens is 4. The van der Waals surface area contributed by atoms with E-state index in [2.05, 4.69) is 35.6 Å². The van der Waals surface area contributed by atoms with Gasteiger partial charge in [-0.15, -0.1) is 10.2 Å². The van der Waals surface area contributed by atoms with Crippen LogP contribution in [-0.2, 0) is 4.79 Å². The van der Waals surface area contributed by atoms with Crippen molar-refractivity contribution in [3.63, 3.8) is 0 Å². The van der Waals surface area contributed by atoms with Crippen molar-refractivity contribution in [1.82, 2.24) is 24.5 Å². The van der Waals surface area contributed by atoms with Crippen LogP contribution in [0.4, 0.5) is 0 Å². The molecule has 2 unspecified atom stereocenters. The highest BCUT2D eigenvalue weighted by atomic mass is 32.2. The predicted octanol–water partition coefficient (Wildman–Crippen LogP) is 3.73. The maximum Gasteiger partial charge on any atom is 0.243 e. The zero-order chi connectivity index (χ0) is 19.2. The Morgan fingerprint density at radius 3 is 2.59 bits per heavy atom. The molecule has 0 saturated heterocycles. The van der Waals surface area contributed by atoms with Crippen molar-refractivity contribution in [2.45, 2.75) is 38.8 Å². The molecule has 0 aliphatic carbocycles. The molecule has 0 fully saturated rings. The first kappa shape index (κ1) is 19.5. The lowest BCUT2D eigenvalue weighted by molar-refractivity contribution is -0.125. The average Bonchev–Trinajstić information content (AvgIpc) is 3.31. The molecule has 0 spiro atoms. The summed E-state index contributed by atoms with van der Waals surface area (Å²) in [5.74, 6) is 2.16. The number of fused-ring (bicyclic) bond motifs is 1. The number of rotatable bonds is 9. The van der Waals surface area contributed by atoms with Crippen molar-refractivity contribution in [2.75, 3.05) is 12.0 Å². The molecule has 27 heavy (non-hydrogen) atoms. The molecule has 3 rings (SSSR count). The van der Waals surface area contributed by atoms with Gasteiger partial charge in [-0.05, 0) is 55.0 Å². The predicted molar refractivity (Wildman–Crippen MR) is 110 cm³/mol. The van der Waals surface area contributed by atoms with E-state index in [4.69, 9.17) is 0 Å². The van der Waals surface area contributed by atoms with Crippen LogP contribution in [0, 0.1) is 5.92 Å². The number of hydrogen-bond donors (Lipinski definition) is 1. The molecule has 6 nitrogen and oxygen atoms in total. The summed E-state index contributed by atoms with van der Waals surface area (Å²) in [5, 5.41) is 11.9. The molecule has 3 aromatic rings. The number of amides is 1. The summed E-state index contributed by atoms with van der Waals surface area (Å²) in [6.45, 7) is 4.30. The average molecular weight is 386 g/mol. The lowest BCUT2D eigenvalue weighted by Crippen LogP contribution is -2.36. The fourth-order valence-corrected chi connectivity index (χ4v) is 3.73. The second-order valence-corrected chi connectivity index (χ2v) is 8.09. The Kier molecular flexibility index (Phi) is 6.55. The molecule has 0 aliphatic rings. The largest absolute Gasteiger partial charge is 0.344 e. The molecule has 0 radical (unpaired) electrons. The van der Waals surface area contributed by atoms with Crippen LogP contribution < -0.4 is 5.32 Å². The zero-order valence-corrected chi connectivity index (χ0v) is 16.9. The number of nitrogens with one attached hydrogen (secondary N) is 1. The summed E-state index contributed by atoms with van der Waals surface area (Å²) in [6.07, 6.45) is 9.51. The van der Waals surface area contributed by atoms with E-state index in [0.717, 1.165) is 30.1 Å². The molecule has 1 amide bonds. The van der Waals surface area contributed by atoms with E-state index < -0.39 is 0 Å². The summed E-state index contributed by atoms with van der Waals surface area (Å²) in [6, 6.07) is 9.33. The van der Waals surface area contributed by atoms with E-state index in [1.54, 1.807) is 11.8 Å². The van der Waals surface area contributed by atoms with Gasteiger partial charge >= 0.3 is 0 Å². The van der Waals surface area contributed by atoms with Gasteiger partial charge < -0.3 is 9.88 Å². The lowest BCUT2D eigenvalue weighted by atomic mass is 10.0. The third kappa shape index (κ3) is 4.71. The maximum absolute atomic E-state index is 13.2. The normalized spacial score (nSPS) is 13.8. The highest BCUT2D eigenvalue weighted by Crippen LogP contribution is 2.23. The first-order valence-corrected chi connectivity index (χ1v) is 10.7. The number of carbonyl (C=O) groups is 1. The Morgan fingerprint density at radius 1 is 1.15 bits per heavy atom. The van der Waals surface area contributed by atoms with Crippen molar-refractivity contribution in [3.05, 3.63) is 54.7 Å². The van der Waals surface area contributed by atoms with Gasteiger partial charge in [0.1, 0.15) is 6.04 Å². The van der Waals surface area contributed by atoms with E-state index in [9.17, 15) is 4.79 Å². The van der Waals surface area contributed by atoms with Crippen LogP contribution in [0.25, 0.3) is 5.65 Å². The van der Waals surface area contributed by atoms with Crippen LogP contribution in [0.15, 0.2) is 48.9 Å². The lowest BCUT2D eigenvalue weighted by Gasteiger charge is -2.24. The SMILES string of the molecule is CSCCC(C(=O)NC(CC(C)C)c1nnc2ccccn12)n1cccc1. The van der Waals surface area contributed by atoms with Crippen molar-refractivity contribution in [1.29, 1.82) is 0 Å². The molecule has 144 valence electrons. The number of hydrogen-bond acceptors (Lipinski definition) is 4. The third-order valence-corrected chi connectivity index (χ3v) is 5.20. The third-order valence-electron chi connectivity index (χ3n) is 4.56. The fourth-order valence-electron chi connectivity index (χ4n) is 3.27. The summed E-state index contributed by atoms with van der Waals surface area (Å²) in [5.41, 5.74) is 0.792. The van der Waals surface area contributed by atoms with Gasteiger partial charge in [0.2, 0.25) is 5.91 Å². The number of thioether (sulfide) groups is 1. The van der Waals surface area contributed by atoms with Crippen LogP contribution in [0.3, 0.4) is 0 Å². The van der Waals surface area contributed by atoms with Crippen molar-refractivity contribution in [3.8, 4) is 0 Å². The van der Waals surface area contributed by atoms with E-state index in [1.807, 2.05) is 57.9 Å². The molecule has 2 atom stereocenters. The van der Waals surface area contributed by atoms with E-state index in [0.29, 0.717) is 5.92 Å². The summed E-state index contributed by atoms with van der Waals surface area (Å²) in [7, 11) is 0. The Labute approximate surface area is 164 Å². The molecule has 7 heteroatoms. The van der Waals surface area contributed by atoms with Crippen molar-refractivity contribution in [2.24, 2.45) is 5.92 Å². The van der Waals surface area contributed by atoms with Crippen molar-refractivity contribution >= 4 is 23.3 Å². The number of carbonyl (C=O) groups excluding carboxylic acids is 1. The van der Waals surface area contributed by atoms with Crippen LogP contribution in [0.5, 0.6) is 0 Å². The second kappa shape index (κ2) is 9.08. The molecular formula is C20H27N5OS. The quantitative estimate of drug-likeness (QED) is 0.610. The van der Waals surface area contributed by atoms with Gasteiger partial charge in [-0.3, -0.25) is 9.20 Å². The summed E-state index contributed by atoms with van der Waals surface area (Å²) >= 11 is 1.75. The minimum absolute atomic E-state index is 0.0265. The molecule has 3 heterocycles. The fraction of sp³-hybridized carbons (Fsp3) is 0.450. The Morgan fingerprint density at radius 2 is 1.89 bits per heavy atom. The Balaban J connectivity index is 1.85. The van der Waals surface area contributed by atoms with Gasteiger partial charge in [-0.25, -0.2) is 0 Å². The Hall–Kier alpha value is -2.28. The van der Waals surface area contributed by atoms with Crippen LogP contribution in [0.2, 0.25) is 0 Å².